The summed E-state index contributed by atoms with van der Waals surface area (Å²) < 4.78 is 25.6. The molecule has 2 aliphatic carbocycles. The van der Waals surface area contributed by atoms with E-state index in [4.69, 9.17) is 9.47 Å². The van der Waals surface area contributed by atoms with Crippen molar-refractivity contribution in [3.63, 3.8) is 0 Å². The molecule has 0 amide bonds. The van der Waals surface area contributed by atoms with Gasteiger partial charge in [0.1, 0.15) is 17.3 Å². The molecule has 0 radical (unpaired) electrons. The van der Waals surface area contributed by atoms with Crippen LogP contribution in [0.15, 0.2) is 42.5 Å². The Hall–Kier alpha value is -2.60. The van der Waals surface area contributed by atoms with E-state index in [2.05, 4.69) is 0 Å². The fourth-order valence-corrected chi connectivity index (χ4v) is 4.87. The zero-order valence-electron chi connectivity index (χ0n) is 18.4. The third kappa shape index (κ3) is 5.23. The number of carboxylic acid groups (broad SMARTS) is 1. The molecule has 0 unspecified atom stereocenters. The average Bonchev–Trinajstić information content (AvgIpc) is 3.63. The zero-order chi connectivity index (χ0) is 22.7. The molecule has 0 heterocycles. The third-order valence-corrected chi connectivity index (χ3v) is 6.96. The Balaban J connectivity index is 1.35. The first-order chi connectivity index (χ1) is 15.4. The molecule has 4 rings (SSSR count). The molecule has 1 atom stereocenters. The van der Waals surface area contributed by atoms with Gasteiger partial charge < -0.3 is 19.7 Å². The molecule has 0 bridgehead atoms. The molecule has 2 saturated carbocycles. The molecule has 2 aliphatic rings. The topological polar surface area (TPSA) is 76.0 Å². The minimum atomic E-state index is -1.19. The lowest BCUT2D eigenvalue weighted by Crippen LogP contribution is -2.34. The first kappa shape index (κ1) is 22.6. The van der Waals surface area contributed by atoms with Gasteiger partial charge in [-0.1, -0.05) is 12.1 Å². The van der Waals surface area contributed by atoms with Crippen molar-refractivity contribution >= 4 is 5.97 Å². The smallest absolute Gasteiger partial charge is 0.303 e. The van der Waals surface area contributed by atoms with Gasteiger partial charge in [0.25, 0.3) is 0 Å². The van der Waals surface area contributed by atoms with E-state index in [1.54, 1.807) is 12.1 Å². The molecular weight excluding hydrogens is 411 g/mol. The van der Waals surface area contributed by atoms with Crippen molar-refractivity contribution in [3.05, 3.63) is 59.4 Å². The summed E-state index contributed by atoms with van der Waals surface area (Å²) in [6.07, 6.45) is 4.72. The molecule has 6 heteroatoms. The van der Waals surface area contributed by atoms with Crippen LogP contribution in [0.5, 0.6) is 11.5 Å². The van der Waals surface area contributed by atoms with Crippen molar-refractivity contribution in [2.45, 2.75) is 56.5 Å². The van der Waals surface area contributed by atoms with Crippen molar-refractivity contribution in [1.82, 2.24) is 0 Å². The Kier molecular flexibility index (Phi) is 6.70. The van der Waals surface area contributed by atoms with Crippen LogP contribution < -0.4 is 9.47 Å². The number of hydrogen-bond donors (Lipinski definition) is 2. The van der Waals surface area contributed by atoms with Gasteiger partial charge in [0.2, 0.25) is 0 Å². The monoisotopic (exact) mass is 442 g/mol. The van der Waals surface area contributed by atoms with Crippen LogP contribution in [0.4, 0.5) is 4.39 Å². The third-order valence-electron chi connectivity index (χ3n) is 6.96. The first-order valence-corrected chi connectivity index (χ1v) is 11.4. The number of halogens is 1. The molecule has 2 aromatic carbocycles. The van der Waals surface area contributed by atoms with E-state index in [1.165, 1.54) is 13.2 Å². The van der Waals surface area contributed by atoms with Gasteiger partial charge in [-0.3, -0.25) is 4.79 Å². The Bertz CT molecular complexity index is 947. The van der Waals surface area contributed by atoms with Crippen LogP contribution in [0.1, 0.15) is 62.0 Å². The maximum absolute atomic E-state index is 14.4. The predicted molar refractivity (Wildman–Crippen MR) is 118 cm³/mol. The van der Waals surface area contributed by atoms with Crippen molar-refractivity contribution in [2.75, 3.05) is 13.7 Å². The van der Waals surface area contributed by atoms with E-state index >= 15 is 0 Å². The average molecular weight is 443 g/mol. The minimum absolute atomic E-state index is 0.0403. The predicted octanol–water partition coefficient (Wildman–Crippen LogP) is 5.26. The summed E-state index contributed by atoms with van der Waals surface area (Å²) in [5.74, 6) is 0.867. The van der Waals surface area contributed by atoms with E-state index in [-0.39, 0.29) is 18.3 Å². The fourth-order valence-electron chi connectivity index (χ4n) is 4.87. The fraction of sp³-hybridized carbons (Fsp3) is 0.500. The minimum Gasteiger partial charge on any atom is -0.497 e. The molecule has 2 aromatic rings. The Morgan fingerprint density at radius 1 is 1.12 bits per heavy atom. The first-order valence-electron chi connectivity index (χ1n) is 11.4. The van der Waals surface area contributed by atoms with Crippen LogP contribution in [-0.2, 0) is 10.4 Å². The SMILES string of the molecule is COc1ccc(F)c([C@]2(O)CC[C@@H](COc3cccc([C@@H](CC(=O)O)C4CC4)c3)CC2)c1. The van der Waals surface area contributed by atoms with Gasteiger partial charge in [-0.05, 0) is 92.2 Å². The largest absolute Gasteiger partial charge is 0.497 e. The highest BCUT2D eigenvalue weighted by Gasteiger charge is 2.37. The second-order valence-electron chi connectivity index (χ2n) is 9.25. The lowest BCUT2D eigenvalue weighted by atomic mass is 9.75. The summed E-state index contributed by atoms with van der Waals surface area (Å²) in [7, 11) is 1.53. The highest BCUT2D eigenvalue weighted by Crippen LogP contribution is 2.45. The van der Waals surface area contributed by atoms with E-state index < -0.39 is 17.4 Å². The summed E-state index contributed by atoms with van der Waals surface area (Å²) in [4.78, 5) is 11.3. The maximum atomic E-state index is 14.4. The zero-order valence-corrected chi connectivity index (χ0v) is 18.4. The summed E-state index contributed by atoms with van der Waals surface area (Å²) in [5.41, 5.74) is 0.135. The second kappa shape index (κ2) is 9.49. The van der Waals surface area contributed by atoms with Gasteiger partial charge in [0.05, 0.1) is 25.7 Å². The van der Waals surface area contributed by atoms with Crippen LogP contribution in [0, 0.1) is 17.7 Å². The molecule has 0 aromatic heterocycles. The molecule has 0 saturated heterocycles. The molecule has 2 N–H and O–H groups in total. The van der Waals surface area contributed by atoms with Crippen molar-refractivity contribution in [3.8, 4) is 11.5 Å². The molecule has 2 fully saturated rings. The second-order valence-corrected chi connectivity index (χ2v) is 9.25. The number of methoxy groups -OCH3 is 1. The Morgan fingerprint density at radius 2 is 1.88 bits per heavy atom. The Morgan fingerprint density at radius 3 is 2.53 bits per heavy atom. The highest BCUT2D eigenvalue weighted by atomic mass is 19.1. The number of aliphatic carboxylic acids is 1. The van der Waals surface area contributed by atoms with E-state index in [0.717, 1.165) is 37.0 Å². The van der Waals surface area contributed by atoms with Gasteiger partial charge >= 0.3 is 5.97 Å². The van der Waals surface area contributed by atoms with Crippen molar-refractivity contribution in [1.29, 1.82) is 0 Å². The maximum Gasteiger partial charge on any atom is 0.303 e. The molecule has 0 spiro atoms. The number of rotatable bonds is 9. The van der Waals surface area contributed by atoms with E-state index in [0.29, 0.717) is 36.7 Å². The van der Waals surface area contributed by atoms with Crippen molar-refractivity contribution < 1.29 is 28.9 Å². The van der Waals surface area contributed by atoms with Crippen LogP contribution in [0.3, 0.4) is 0 Å². The van der Waals surface area contributed by atoms with Gasteiger partial charge in [0.15, 0.2) is 0 Å². The van der Waals surface area contributed by atoms with Crippen molar-refractivity contribution in [2.24, 2.45) is 11.8 Å². The molecular formula is C26H31FO5. The van der Waals surface area contributed by atoms with Crippen LogP contribution in [0.2, 0.25) is 0 Å². The number of carboxylic acids is 1. The van der Waals surface area contributed by atoms with Crippen LogP contribution in [0.25, 0.3) is 0 Å². The Labute approximate surface area is 188 Å². The van der Waals surface area contributed by atoms with Crippen LogP contribution >= 0.6 is 0 Å². The number of aliphatic hydroxyl groups is 1. The normalized spacial score (nSPS) is 24.0. The summed E-state index contributed by atoms with van der Waals surface area (Å²) in [5, 5.41) is 20.3. The number of hydrogen-bond acceptors (Lipinski definition) is 4. The molecule has 5 nitrogen and oxygen atoms in total. The van der Waals surface area contributed by atoms with Gasteiger partial charge in [-0.25, -0.2) is 4.39 Å². The van der Waals surface area contributed by atoms with E-state index in [9.17, 15) is 19.4 Å². The summed E-state index contributed by atoms with van der Waals surface area (Å²) in [6, 6.07) is 12.3. The summed E-state index contributed by atoms with van der Waals surface area (Å²) in [6.45, 7) is 0.521. The molecule has 172 valence electrons. The van der Waals surface area contributed by atoms with E-state index in [1.807, 2.05) is 24.3 Å². The van der Waals surface area contributed by atoms with Gasteiger partial charge in [-0.15, -0.1) is 0 Å². The van der Waals surface area contributed by atoms with Gasteiger partial charge in [-0.2, -0.15) is 0 Å². The number of benzene rings is 2. The summed E-state index contributed by atoms with van der Waals surface area (Å²) >= 11 is 0. The lowest BCUT2D eigenvalue weighted by Gasteiger charge is -2.36. The van der Waals surface area contributed by atoms with Crippen LogP contribution in [-0.4, -0.2) is 29.9 Å². The highest BCUT2D eigenvalue weighted by molar-refractivity contribution is 5.68. The number of carbonyl (C=O) groups is 1. The molecule has 32 heavy (non-hydrogen) atoms. The quantitative estimate of drug-likeness (QED) is 0.554. The number of ether oxygens (including phenoxy) is 2. The standard InChI is InChI=1S/C26H31FO5/c1-31-20-7-8-24(27)23(14-20)26(30)11-9-17(10-12-26)16-32-21-4-2-3-19(13-21)22(15-25(28)29)18-5-6-18/h2-4,7-8,13-14,17-18,22,30H,5-6,9-12,15-16H2,1H3,(H,28,29)/t17-,22-,26+/m0/s1. The lowest BCUT2D eigenvalue weighted by molar-refractivity contribution is -0.137. The molecule has 0 aliphatic heterocycles. The van der Waals surface area contributed by atoms with Gasteiger partial charge in [0, 0.05) is 5.56 Å².